The zero-order valence-electron chi connectivity index (χ0n) is 11.5. The molecule has 7 heteroatoms. The molecule has 20 heavy (non-hydrogen) atoms. The number of aliphatic hydroxyl groups excluding tert-OH is 1. The van der Waals surface area contributed by atoms with Crippen LogP contribution in [-0.2, 0) is 10.5 Å². The molecule has 2 heterocycles. The minimum absolute atomic E-state index is 0.0772. The molecule has 2 rings (SSSR count). The minimum Gasteiger partial charge on any atom is -0.386 e. The lowest BCUT2D eigenvalue weighted by Crippen LogP contribution is -2.49. The highest BCUT2D eigenvalue weighted by molar-refractivity contribution is 5.11. The van der Waals surface area contributed by atoms with Gasteiger partial charge < -0.3 is 9.84 Å². The molecule has 0 aromatic carbocycles. The molecule has 1 aliphatic rings. The van der Waals surface area contributed by atoms with Crippen LogP contribution in [0.1, 0.15) is 20.8 Å². The summed E-state index contributed by atoms with van der Waals surface area (Å²) < 4.78 is 6.66. The first-order valence-corrected chi connectivity index (χ1v) is 6.43. The van der Waals surface area contributed by atoms with Crippen LogP contribution >= 0.6 is 0 Å². The molecule has 0 unspecified atom stereocenters. The lowest BCUT2D eigenvalue weighted by Gasteiger charge is -2.27. The van der Waals surface area contributed by atoms with Crippen LogP contribution in [0, 0.1) is 23.2 Å². The van der Waals surface area contributed by atoms with E-state index < -0.39 is 23.1 Å². The molecule has 0 amide bonds. The Kier molecular flexibility index (Phi) is 3.54. The Morgan fingerprint density at radius 2 is 2.20 bits per heavy atom. The number of ether oxygens (including phenoxy) is 1. The maximum absolute atomic E-state index is 11.9. The van der Waals surface area contributed by atoms with Crippen LogP contribution in [0.4, 0.5) is 0 Å². The number of hydrogen-bond donors (Lipinski definition) is 2. The van der Waals surface area contributed by atoms with Crippen molar-refractivity contribution in [3.63, 3.8) is 0 Å². The van der Waals surface area contributed by atoms with Crippen molar-refractivity contribution in [3.05, 3.63) is 33.1 Å². The number of rotatable bonds is 2. The zero-order valence-corrected chi connectivity index (χ0v) is 11.5. The van der Waals surface area contributed by atoms with Gasteiger partial charge in [-0.1, -0.05) is 20.8 Å². The predicted octanol–water partition coefficient (Wildman–Crippen LogP) is -0.235. The van der Waals surface area contributed by atoms with E-state index >= 15 is 0 Å². The van der Waals surface area contributed by atoms with E-state index in [-0.39, 0.29) is 17.9 Å². The SMILES string of the molecule is CC(C)[C@H]1O[C@@](C#N)(n2ccc(=O)[nH]c2=O)[C@@H](O)[C@@H]1C. The van der Waals surface area contributed by atoms with Crippen LogP contribution in [0.2, 0.25) is 0 Å². The molecule has 1 aromatic heterocycles. The van der Waals surface area contributed by atoms with Crippen LogP contribution in [-0.4, -0.2) is 26.9 Å². The van der Waals surface area contributed by atoms with Crippen molar-refractivity contribution in [2.45, 2.75) is 38.7 Å². The number of nitrogens with zero attached hydrogens (tertiary/aromatic N) is 2. The van der Waals surface area contributed by atoms with Crippen molar-refractivity contribution in [1.82, 2.24) is 9.55 Å². The van der Waals surface area contributed by atoms with Crippen LogP contribution in [0.25, 0.3) is 0 Å². The fraction of sp³-hybridized carbons (Fsp3) is 0.615. The van der Waals surface area contributed by atoms with Gasteiger partial charge in [-0.25, -0.2) is 4.79 Å². The van der Waals surface area contributed by atoms with Gasteiger partial charge in [-0.05, 0) is 5.92 Å². The zero-order chi connectivity index (χ0) is 15.1. The van der Waals surface area contributed by atoms with Crippen LogP contribution < -0.4 is 11.2 Å². The first-order valence-electron chi connectivity index (χ1n) is 6.43. The summed E-state index contributed by atoms with van der Waals surface area (Å²) in [4.78, 5) is 25.1. The van der Waals surface area contributed by atoms with Gasteiger partial charge in [-0.2, -0.15) is 5.26 Å². The number of nitrogens with one attached hydrogen (secondary N) is 1. The summed E-state index contributed by atoms with van der Waals surface area (Å²) in [5.41, 5.74) is -3.16. The quantitative estimate of drug-likeness (QED) is 0.777. The number of H-pyrrole nitrogens is 1. The summed E-state index contributed by atoms with van der Waals surface area (Å²) >= 11 is 0. The van der Waals surface area contributed by atoms with Crippen LogP contribution in [0.15, 0.2) is 21.9 Å². The second-order valence-corrected chi connectivity index (χ2v) is 5.42. The van der Waals surface area contributed by atoms with Gasteiger partial charge in [-0.15, -0.1) is 0 Å². The highest BCUT2D eigenvalue weighted by atomic mass is 16.6. The molecule has 4 atom stereocenters. The fourth-order valence-corrected chi connectivity index (χ4v) is 2.69. The summed E-state index contributed by atoms with van der Waals surface area (Å²) in [5, 5.41) is 19.8. The highest BCUT2D eigenvalue weighted by Gasteiger charge is 2.56. The normalized spacial score (nSPS) is 33.3. The van der Waals surface area contributed by atoms with Gasteiger partial charge in [0, 0.05) is 18.2 Å². The van der Waals surface area contributed by atoms with E-state index in [1.54, 1.807) is 6.92 Å². The van der Waals surface area contributed by atoms with E-state index in [1.165, 1.54) is 6.20 Å². The second-order valence-electron chi connectivity index (χ2n) is 5.42. The Labute approximate surface area is 115 Å². The Morgan fingerprint density at radius 1 is 1.55 bits per heavy atom. The standard InChI is InChI=1S/C13H17N3O4/c1-7(2)10-8(3)11(18)13(6-14,20-10)16-5-4-9(17)15-12(16)19/h4-5,7-8,10-11,18H,1-3H3,(H,15,17,19)/t8-,10-,11+,13-/m1/s1. The number of nitriles is 1. The third-order valence-electron chi connectivity index (χ3n) is 3.73. The summed E-state index contributed by atoms with van der Waals surface area (Å²) in [7, 11) is 0. The van der Waals surface area contributed by atoms with Gasteiger partial charge in [0.1, 0.15) is 12.2 Å². The first kappa shape index (κ1) is 14.5. The highest BCUT2D eigenvalue weighted by Crippen LogP contribution is 2.40. The van der Waals surface area contributed by atoms with Crippen molar-refractivity contribution in [2.75, 3.05) is 0 Å². The van der Waals surface area contributed by atoms with E-state index in [0.29, 0.717) is 0 Å². The summed E-state index contributed by atoms with van der Waals surface area (Å²) in [6.07, 6.45) is -0.352. The summed E-state index contributed by atoms with van der Waals surface area (Å²) in [5.74, 6) is -0.234. The summed E-state index contributed by atoms with van der Waals surface area (Å²) in [6.45, 7) is 5.60. The third-order valence-corrected chi connectivity index (χ3v) is 3.73. The first-order chi connectivity index (χ1) is 9.33. The summed E-state index contributed by atoms with van der Waals surface area (Å²) in [6, 6.07) is 3.00. The lowest BCUT2D eigenvalue weighted by atomic mass is 9.90. The van der Waals surface area contributed by atoms with Gasteiger partial charge in [-0.3, -0.25) is 14.3 Å². The Hall–Kier alpha value is -1.91. The van der Waals surface area contributed by atoms with Crippen molar-refractivity contribution in [1.29, 1.82) is 5.26 Å². The van der Waals surface area contributed by atoms with Crippen LogP contribution in [0.3, 0.4) is 0 Å². The molecule has 7 nitrogen and oxygen atoms in total. The lowest BCUT2D eigenvalue weighted by molar-refractivity contribution is -0.109. The van der Waals surface area contributed by atoms with E-state index in [1.807, 2.05) is 19.9 Å². The van der Waals surface area contributed by atoms with E-state index in [0.717, 1.165) is 10.6 Å². The number of aliphatic hydroxyl groups is 1. The molecule has 2 N–H and O–H groups in total. The smallest absolute Gasteiger partial charge is 0.331 e. The molecule has 0 radical (unpaired) electrons. The van der Waals surface area contributed by atoms with Gasteiger partial charge in [0.25, 0.3) is 11.3 Å². The number of aromatic nitrogens is 2. The van der Waals surface area contributed by atoms with Crippen molar-refractivity contribution >= 4 is 0 Å². The average Bonchev–Trinajstić information content (AvgIpc) is 2.64. The number of aromatic amines is 1. The van der Waals surface area contributed by atoms with E-state index in [4.69, 9.17) is 4.74 Å². The monoisotopic (exact) mass is 279 g/mol. The fourth-order valence-electron chi connectivity index (χ4n) is 2.69. The molecular weight excluding hydrogens is 262 g/mol. The topological polar surface area (TPSA) is 108 Å². The van der Waals surface area contributed by atoms with E-state index in [2.05, 4.69) is 4.98 Å². The molecular formula is C13H17N3O4. The average molecular weight is 279 g/mol. The largest absolute Gasteiger partial charge is 0.386 e. The third kappa shape index (κ3) is 1.97. The van der Waals surface area contributed by atoms with Gasteiger partial charge in [0.2, 0.25) is 0 Å². The number of hydrogen-bond acceptors (Lipinski definition) is 5. The van der Waals surface area contributed by atoms with Gasteiger partial charge in [0.05, 0.1) is 6.10 Å². The minimum atomic E-state index is -1.81. The maximum atomic E-state index is 11.9. The molecule has 0 bridgehead atoms. The molecule has 0 spiro atoms. The maximum Gasteiger partial charge on any atom is 0.331 e. The second kappa shape index (κ2) is 4.89. The molecule has 108 valence electrons. The Balaban J connectivity index is 2.59. The molecule has 1 aromatic rings. The van der Waals surface area contributed by atoms with Crippen molar-refractivity contribution in [3.8, 4) is 6.07 Å². The molecule has 1 aliphatic heterocycles. The van der Waals surface area contributed by atoms with Crippen molar-refractivity contribution in [2.24, 2.45) is 11.8 Å². The molecule has 1 fully saturated rings. The van der Waals surface area contributed by atoms with E-state index in [9.17, 15) is 20.0 Å². The Bertz CT molecular complexity index is 657. The van der Waals surface area contributed by atoms with Crippen LogP contribution in [0.5, 0.6) is 0 Å². The van der Waals surface area contributed by atoms with Gasteiger partial charge >= 0.3 is 5.69 Å². The predicted molar refractivity (Wildman–Crippen MR) is 69.8 cm³/mol. The Morgan fingerprint density at radius 3 is 2.65 bits per heavy atom. The molecule has 0 saturated carbocycles. The molecule has 1 saturated heterocycles. The van der Waals surface area contributed by atoms with Gasteiger partial charge in [0.15, 0.2) is 0 Å². The van der Waals surface area contributed by atoms with Crippen molar-refractivity contribution < 1.29 is 9.84 Å². The molecule has 0 aliphatic carbocycles.